The van der Waals surface area contributed by atoms with E-state index in [2.05, 4.69) is 0 Å². The van der Waals surface area contributed by atoms with Crippen LogP contribution < -0.4 is 9.80 Å². The number of halogens is 2. The predicted molar refractivity (Wildman–Crippen MR) is 129 cm³/mol. The second-order valence-corrected chi connectivity index (χ2v) is 8.79. The van der Waals surface area contributed by atoms with Gasteiger partial charge in [0.05, 0.1) is 11.4 Å². The average Bonchev–Trinajstić information content (AvgIpc) is 2.83. The van der Waals surface area contributed by atoms with Crippen LogP contribution >= 0.6 is 23.2 Å². The van der Waals surface area contributed by atoms with E-state index in [1.54, 1.807) is 48.5 Å². The van der Waals surface area contributed by atoms with Crippen LogP contribution in [-0.4, -0.2) is 23.6 Å². The lowest BCUT2D eigenvalue weighted by Gasteiger charge is -2.32. The van der Waals surface area contributed by atoms with Crippen molar-refractivity contribution in [2.24, 2.45) is 0 Å². The second-order valence-electron chi connectivity index (χ2n) is 7.92. The van der Waals surface area contributed by atoms with Crippen LogP contribution in [0.25, 0.3) is 10.8 Å². The molecule has 2 heterocycles. The van der Waals surface area contributed by atoms with Crippen molar-refractivity contribution in [3.63, 3.8) is 0 Å². The fraction of sp³-hybridized carbons (Fsp3) is 0. The molecule has 0 N–H and O–H groups in total. The Hall–Kier alpha value is -4.00. The Morgan fingerprint density at radius 1 is 0.412 bits per heavy atom. The molecule has 6 rings (SSSR count). The van der Waals surface area contributed by atoms with Gasteiger partial charge in [0.15, 0.2) is 0 Å². The van der Waals surface area contributed by atoms with Crippen LogP contribution in [0, 0.1) is 0 Å². The summed E-state index contributed by atoms with van der Waals surface area (Å²) in [5.74, 6) is -2.15. The highest BCUT2D eigenvalue weighted by Crippen LogP contribution is 2.40. The molecule has 0 bridgehead atoms. The average molecular weight is 487 g/mol. The molecule has 0 aromatic heterocycles. The Labute approximate surface area is 202 Å². The summed E-state index contributed by atoms with van der Waals surface area (Å²) in [4.78, 5) is 55.7. The van der Waals surface area contributed by atoms with E-state index < -0.39 is 23.6 Å². The number of hydrogen-bond acceptors (Lipinski definition) is 4. The number of amides is 4. The Morgan fingerprint density at radius 2 is 0.676 bits per heavy atom. The van der Waals surface area contributed by atoms with Crippen LogP contribution in [0.3, 0.4) is 0 Å². The molecule has 34 heavy (non-hydrogen) atoms. The van der Waals surface area contributed by atoms with E-state index in [4.69, 9.17) is 23.2 Å². The van der Waals surface area contributed by atoms with E-state index in [0.717, 1.165) is 9.80 Å². The second kappa shape index (κ2) is 7.25. The molecule has 0 unspecified atom stereocenters. The van der Waals surface area contributed by atoms with Gasteiger partial charge >= 0.3 is 0 Å². The molecule has 0 saturated heterocycles. The van der Waals surface area contributed by atoms with Crippen molar-refractivity contribution in [1.29, 1.82) is 0 Å². The predicted octanol–water partition coefficient (Wildman–Crippen LogP) is 5.75. The molecule has 4 amide bonds. The number of anilines is 2. The summed E-state index contributed by atoms with van der Waals surface area (Å²) in [6.45, 7) is 0. The molecule has 0 radical (unpaired) electrons. The zero-order valence-electron chi connectivity index (χ0n) is 17.2. The van der Waals surface area contributed by atoms with Crippen molar-refractivity contribution in [1.82, 2.24) is 0 Å². The largest absolute Gasteiger partial charge is 0.268 e. The third kappa shape index (κ3) is 2.76. The molecule has 8 heteroatoms. The summed E-state index contributed by atoms with van der Waals surface area (Å²) in [5.41, 5.74) is 1.71. The van der Waals surface area contributed by atoms with E-state index in [-0.39, 0.29) is 22.3 Å². The smallest absolute Gasteiger partial charge is 0.265 e. The fourth-order valence-electron chi connectivity index (χ4n) is 4.52. The maximum Gasteiger partial charge on any atom is 0.265 e. The van der Waals surface area contributed by atoms with Gasteiger partial charge in [0.1, 0.15) is 0 Å². The third-order valence-electron chi connectivity index (χ3n) is 6.06. The Bertz CT molecular complexity index is 1400. The van der Waals surface area contributed by atoms with Crippen molar-refractivity contribution >= 4 is 69.0 Å². The molecular weight excluding hydrogens is 475 g/mol. The van der Waals surface area contributed by atoms with Gasteiger partial charge in [-0.25, -0.2) is 9.80 Å². The van der Waals surface area contributed by atoms with Gasteiger partial charge in [0.2, 0.25) is 0 Å². The highest BCUT2D eigenvalue weighted by atomic mass is 35.5. The Morgan fingerprint density at radius 3 is 0.941 bits per heavy atom. The van der Waals surface area contributed by atoms with Crippen LogP contribution in [-0.2, 0) is 0 Å². The van der Waals surface area contributed by atoms with Crippen LogP contribution in [0.1, 0.15) is 41.4 Å². The summed E-state index contributed by atoms with van der Waals surface area (Å²) in [7, 11) is 0. The van der Waals surface area contributed by atoms with Crippen molar-refractivity contribution in [3.05, 3.63) is 105 Å². The maximum atomic E-state index is 13.4. The monoisotopic (exact) mass is 486 g/mol. The number of nitrogens with zero attached hydrogens (tertiary/aromatic N) is 2. The minimum absolute atomic E-state index is 0.241. The Balaban J connectivity index is 1.55. The van der Waals surface area contributed by atoms with Crippen molar-refractivity contribution in [2.45, 2.75) is 0 Å². The molecule has 6 nitrogen and oxygen atoms in total. The number of hydrogen-bond donors (Lipinski definition) is 0. The number of benzene rings is 4. The number of carbonyl (C=O) groups excluding carboxylic acids is 4. The molecule has 2 aliphatic rings. The van der Waals surface area contributed by atoms with Gasteiger partial charge in [-0.15, -0.1) is 0 Å². The SMILES string of the molecule is O=C1c2ccc3c4c(ccc(c24)C(=O)N1c1ccc(Cl)cc1)C(=O)N(c1ccc(Cl)cc1)C3=O. The van der Waals surface area contributed by atoms with Crippen LogP contribution in [0.2, 0.25) is 10.0 Å². The summed E-state index contributed by atoms with van der Waals surface area (Å²) in [6, 6.07) is 18.8. The molecule has 0 aliphatic carbocycles. The van der Waals surface area contributed by atoms with Gasteiger partial charge in [0.25, 0.3) is 23.6 Å². The molecule has 164 valence electrons. The zero-order chi connectivity index (χ0) is 23.7. The Kier molecular flexibility index (Phi) is 4.39. The topological polar surface area (TPSA) is 74.8 Å². The lowest BCUT2D eigenvalue weighted by Crippen LogP contribution is -2.43. The molecule has 0 atom stereocenters. The van der Waals surface area contributed by atoms with Crippen molar-refractivity contribution < 1.29 is 19.2 Å². The van der Waals surface area contributed by atoms with Crippen LogP contribution in [0.15, 0.2) is 72.8 Å². The zero-order valence-corrected chi connectivity index (χ0v) is 18.7. The molecule has 0 spiro atoms. The maximum absolute atomic E-state index is 13.4. The third-order valence-corrected chi connectivity index (χ3v) is 6.57. The van der Waals surface area contributed by atoms with Crippen molar-refractivity contribution in [3.8, 4) is 0 Å². The van der Waals surface area contributed by atoms with Crippen LogP contribution in [0.4, 0.5) is 11.4 Å². The minimum atomic E-state index is -0.538. The van der Waals surface area contributed by atoms with E-state index in [1.165, 1.54) is 24.3 Å². The molecular formula is C26H12Cl2N2O4. The van der Waals surface area contributed by atoms with Gasteiger partial charge in [-0.05, 0) is 72.8 Å². The summed E-state index contributed by atoms with van der Waals surface area (Å²) in [6.07, 6.45) is 0. The summed E-state index contributed by atoms with van der Waals surface area (Å²) in [5, 5.41) is 1.57. The van der Waals surface area contributed by atoms with Gasteiger partial charge in [-0.3, -0.25) is 19.2 Å². The molecule has 2 aliphatic heterocycles. The highest BCUT2D eigenvalue weighted by molar-refractivity contribution is 6.42. The quantitative estimate of drug-likeness (QED) is 0.338. The highest BCUT2D eigenvalue weighted by Gasteiger charge is 2.40. The van der Waals surface area contributed by atoms with E-state index in [9.17, 15) is 19.2 Å². The summed E-state index contributed by atoms with van der Waals surface area (Å²) >= 11 is 11.9. The van der Waals surface area contributed by atoms with Gasteiger partial charge < -0.3 is 0 Å². The summed E-state index contributed by atoms with van der Waals surface area (Å²) < 4.78 is 0. The molecule has 0 fully saturated rings. The normalized spacial score (nSPS) is 14.9. The van der Waals surface area contributed by atoms with E-state index in [1.807, 2.05) is 0 Å². The molecule has 0 saturated carbocycles. The molecule has 4 aromatic rings. The van der Waals surface area contributed by atoms with Crippen LogP contribution in [0.5, 0.6) is 0 Å². The minimum Gasteiger partial charge on any atom is -0.268 e. The lowest BCUT2D eigenvalue weighted by atomic mass is 9.85. The first kappa shape index (κ1) is 20.6. The van der Waals surface area contributed by atoms with Crippen molar-refractivity contribution in [2.75, 3.05) is 9.80 Å². The first-order valence-corrected chi connectivity index (χ1v) is 11.0. The molecule has 4 aromatic carbocycles. The fourth-order valence-corrected chi connectivity index (χ4v) is 4.78. The van der Waals surface area contributed by atoms with Gasteiger partial charge in [0, 0.05) is 43.1 Å². The first-order valence-electron chi connectivity index (χ1n) is 10.3. The van der Waals surface area contributed by atoms with Gasteiger partial charge in [-0.2, -0.15) is 0 Å². The number of imide groups is 2. The first-order chi connectivity index (χ1) is 16.4. The van der Waals surface area contributed by atoms with E-state index in [0.29, 0.717) is 32.2 Å². The standard InChI is InChI=1S/C26H12Cl2N2O4/c27-13-1-5-15(6-2-13)29-23(31)17-9-11-19-22-20(12-10-18(21(17)22)24(29)32)26(34)30(25(19)33)16-7-3-14(28)4-8-16/h1-12H. The number of carbonyl (C=O) groups is 4. The number of rotatable bonds is 2. The lowest BCUT2D eigenvalue weighted by molar-refractivity contribution is 0.0873. The van der Waals surface area contributed by atoms with Gasteiger partial charge in [-0.1, -0.05) is 23.2 Å². The van der Waals surface area contributed by atoms with E-state index >= 15 is 0 Å².